The van der Waals surface area contributed by atoms with Gasteiger partial charge in [0.2, 0.25) is 0 Å². The number of rotatable bonds is 6. The minimum absolute atomic E-state index is 0.0930. The molecule has 1 aromatic carbocycles. The van der Waals surface area contributed by atoms with Gasteiger partial charge in [0.15, 0.2) is 29.2 Å². The summed E-state index contributed by atoms with van der Waals surface area (Å²) in [5.41, 5.74) is 5.92. The molecule has 4 unspecified atom stereocenters. The predicted octanol–water partition coefficient (Wildman–Crippen LogP) is -1.87. The van der Waals surface area contributed by atoms with Crippen LogP contribution in [0.4, 0.5) is 5.82 Å². The summed E-state index contributed by atoms with van der Waals surface area (Å²) in [5.74, 6) is -2.16. The zero-order valence-electron chi connectivity index (χ0n) is 16.5. The largest absolute Gasteiger partial charge is 0.504 e. The number of hydrogen-bond donors (Lipinski definition) is 6. The number of aliphatic hydroxyl groups excluding tert-OH is 2. The van der Waals surface area contributed by atoms with Gasteiger partial charge in [-0.1, -0.05) is 0 Å². The molecule has 15 nitrogen and oxygen atoms in total. The lowest BCUT2D eigenvalue weighted by atomic mass is 10.1. The average Bonchev–Trinajstić information content (AvgIpc) is 3.31. The SMILES string of the molecule is Nc1ncnc2c1ncn2C1OC(COS(=O)(=O)NC(=O)c2ccc(O)c(O)c2)C(O)C1O. The normalized spacial score (nSPS) is 23.1. The van der Waals surface area contributed by atoms with E-state index in [1.54, 1.807) is 4.72 Å². The molecule has 176 valence electrons. The molecule has 0 bridgehead atoms. The van der Waals surface area contributed by atoms with Crippen LogP contribution < -0.4 is 10.5 Å². The number of aromatic hydroxyl groups is 2. The first kappa shape index (κ1) is 22.6. The summed E-state index contributed by atoms with van der Waals surface area (Å²) in [6.45, 7) is -0.748. The highest BCUT2D eigenvalue weighted by Gasteiger charge is 2.45. The average molecular weight is 482 g/mol. The van der Waals surface area contributed by atoms with Crippen molar-refractivity contribution in [2.75, 3.05) is 12.3 Å². The fraction of sp³-hybridized carbons (Fsp3) is 0.294. The first-order valence-corrected chi connectivity index (χ1v) is 10.7. The summed E-state index contributed by atoms with van der Waals surface area (Å²) in [6.07, 6.45) is -3.09. The number of nitrogen functional groups attached to an aromatic ring is 1. The maximum absolute atomic E-state index is 12.1. The molecule has 2 aromatic heterocycles. The van der Waals surface area contributed by atoms with Gasteiger partial charge in [-0.2, -0.15) is 8.42 Å². The highest BCUT2D eigenvalue weighted by atomic mass is 32.2. The van der Waals surface area contributed by atoms with E-state index in [2.05, 4.69) is 15.0 Å². The third-order valence-corrected chi connectivity index (χ3v) is 5.72. The molecule has 33 heavy (non-hydrogen) atoms. The van der Waals surface area contributed by atoms with Crippen molar-refractivity contribution in [3.8, 4) is 11.5 Å². The van der Waals surface area contributed by atoms with E-state index in [9.17, 15) is 33.6 Å². The molecule has 0 radical (unpaired) electrons. The first-order valence-electron chi connectivity index (χ1n) is 9.25. The quantitative estimate of drug-likeness (QED) is 0.212. The Bertz CT molecular complexity index is 1310. The molecule has 7 N–H and O–H groups in total. The van der Waals surface area contributed by atoms with Crippen LogP contribution in [-0.2, 0) is 19.2 Å². The third-order valence-electron chi connectivity index (χ3n) is 4.84. The molecule has 16 heteroatoms. The Kier molecular flexibility index (Phi) is 5.76. The Morgan fingerprint density at radius 3 is 2.67 bits per heavy atom. The van der Waals surface area contributed by atoms with Crippen molar-refractivity contribution < 1.29 is 42.6 Å². The Balaban J connectivity index is 1.43. The molecule has 3 aromatic rings. The van der Waals surface area contributed by atoms with Gasteiger partial charge in [-0.3, -0.25) is 13.5 Å². The van der Waals surface area contributed by atoms with Crippen LogP contribution in [0.15, 0.2) is 30.9 Å². The zero-order valence-corrected chi connectivity index (χ0v) is 17.3. The third kappa shape index (κ3) is 4.37. The van der Waals surface area contributed by atoms with Crippen molar-refractivity contribution in [2.45, 2.75) is 24.5 Å². The number of amides is 1. The van der Waals surface area contributed by atoms with Crippen molar-refractivity contribution in [3.63, 3.8) is 0 Å². The van der Waals surface area contributed by atoms with Gasteiger partial charge in [0.1, 0.15) is 30.2 Å². The summed E-state index contributed by atoms with van der Waals surface area (Å²) in [6, 6.07) is 2.94. The molecule has 0 aliphatic carbocycles. The molecule has 3 heterocycles. The number of nitrogens with two attached hydrogens (primary N) is 1. The molecular formula is C17H18N6O9S. The number of imidazole rings is 1. The van der Waals surface area contributed by atoms with Crippen molar-refractivity contribution >= 4 is 33.2 Å². The number of nitrogens with zero attached hydrogens (tertiary/aromatic N) is 4. The molecule has 1 amide bonds. The lowest BCUT2D eigenvalue weighted by molar-refractivity contribution is -0.0468. The monoisotopic (exact) mass is 482 g/mol. The smallest absolute Gasteiger partial charge is 0.362 e. The lowest BCUT2D eigenvalue weighted by Crippen LogP contribution is -2.37. The van der Waals surface area contributed by atoms with Crippen LogP contribution in [-0.4, -0.2) is 79.2 Å². The van der Waals surface area contributed by atoms with E-state index in [0.717, 1.165) is 18.2 Å². The summed E-state index contributed by atoms with van der Waals surface area (Å²) in [7, 11) is -4.66. The van der Waals surface area contributed by atoms with Crippen molar-refractivity contribution in [1.29, 1.82) is 0 Å². The predicted molar refractivity (Wildman–Crippen MR) is 108 cm³/mol. The van der Waals surface area contributed by atoms with E-state index in [4.69, 9.17) is 14.7 Å². The van der Waals surface area contributed by atoms with Gasteiger partial charge in [0.25, 0.3) is 5.91 Å². The standard InChI is InChI=1S/C17H18N6O9S/c18-14-11-15(20-5-19-14)23(6-21-11)17-13(27)12(26)10(32-17)4-31-33(29,30)22-16(28)7-1-2-8(24)9(25)3-7/h1-3,5-6,10,12-13,17,24-27H,4H2,(H,22,28)(H2,18,19,20). The molecule has 4 rings (SSSR count). The molecule has 1 aliphatic heterocycles. The zero-order chi connectivity index (χ0) is 23.9. The molecule has 0 spiro atoms. The van der Waals surface area contributed by atoms with E-state index in [-0.39, 0.29) is 22.5 Å². The summed E-state index contributed by atoms with van der Waals surface area (Å²) in [5, 5.41) is 39.4. The number of carbonyl (C=O) groups excluding carboxylic acids is 1. The number of aliphatic hydroxyl groups is 2. The van der Waals surface area contributed by atoms with Gasteiger partial charge in [-0.05, 0) is 18.2 Å². The number of phenolic OH excluding ortho intramolecular Hbond substituents is 2. The number of nitrogens with one attached hydrogen (secondary N) is 1. The minimum Gasteiger partial charge on any atom is -0.504 e. The molecule has 1 saturated heterocycles. The second kappa shape index (κ2) is 8.41. The van der Waals surface area contributed by atoms with E-state index in [1.165, 1.54) is 17.2 Å². The molecule has 1 fully saturated rings. The van der Waals surface area contributed by atoms with Crippen LogP contribution in [0.2, 0.25) is 0 Å². The summed E-state index contributed by atoms with van der Waals surface area (Å²) < 4.78 is 37.4. The number of phenols is 2. The highest BCUT2D eigenvalue weighted by molar-refractivity contribution is 7.85. The molecule has 1 aliphatic rings. The second-order valence-electron chi connectivity index (χ2n) is 7.00. The van der Waals surface area contributed by atoms with E-state index >= 15 is 0 Å². The van der Waals surface area contributed by atoms with Gasteiger partial charge < -0.3 is 30.9 Å². The van der Waals surface area contributed by atoms with Gasteiger partial charge in [-0.15, -0.1) is 0 Å². The van der Waals surface area contributed by atoms with Gasteiger partial charge in [0.05, 0.1) is 12.9 Å². The van der Waals surface area contributed by atoms with Crippen LogP contribution in [0, 0.1) is 0 Å². The summed E-state index contributed by atoms with van der Waals surface area (Å²) in [4.78, 5) is 23.9. The Hall–Kier alpha value is -3.57. The van der Waals surface area contributed by atoms with Crippen LogP contribution in [0.3, 0.4) is 0 Å². The fourth-order valence-electron chi connectivity index (χ4n) is 3.18. The fourth-order valence-corrected chi connectivity index (χ4v) is 3.89. The number of fused-ring (bicyclic) bond motifs is 1. The Morgan fingerprint density at radius 1 is 1.18 bits per heavy atom. The number of anilines is 1. The van der Waals surface area contributed by atoms with Crippen LogP contribution in [0.1, 0.15) is 16.6 Å². The number of aromatic nitrogens is 4. The number of ether oxygens (including phenoxy) is 1. The number of hydrogen-bond acceptors (Lipinski definition) is 13. The van der Waals surface area contributed by atoms with Gasteiger partial charge in [0, 0.05) is 5.56 Å². The number of benzene rings is 1. The minimum atomic E-state index is -4.66. The van der Waals surface area contributed by atoms with Crippen molar-refractivity contribution in [3.05, 3.63) is 36.4 Å². The topological polar surface area (TPSA) is 232 Å². The Labute approximate surface area is 185 Å². The van der Waals surface area contributed by atoms with E-state index in [1.807, 2.05) is 0 Å². The second-order valence-corrected chi connectivity index (χ2v) is 8.35. The lowest BCUT2D eigenvalue weighted by Gasteiger charge is -2.16. The van der Waals surface area contributed by atoms with Crippen molar-refractivity contribution in [2.24, 2.45) is 0 Å². The molecule has 4 atom stereocenters. The van der Waals surface area contributed by atoms with E-state index < -0.39 is 58.9 Å². The van der Waals surface area contributed by atoms with Crippen LogP contribution in [0.25, 0.3) is 11.2 Å². The maximum Gasteiger partial charge on any atom is 0.362 e. The van der Waals surface area contributed by atoms with Gasteiger partial charge in [-0.25, -0.2) is 19.7 Å². The number of carbonyl (C=O) groups is 1. The van der Waals surface area contributed by atoms with Crippen LogP contribution in [0.5, 0.6) is 11.5 Å². The Morgan fingerprint density at radius 2 is 1.94 bits per heavy atom. The summed E-state index contributed by atoms with van der Waals surface area (Å²) >= 11 is 0. The highest BCUT2D eigenvalue weighted by Crippen LogP contribution is 2.32. The van der Waals surface area contributed by atoms with E-state index in [0.29, 0.717) is 0 Å². The first-order chi connectivity index (χ1) is 15.6. The molecular weight excluding hydrogens is 464 g/mol. The maximum atomic E-state index is 12.1. The van der Waals surface area contributed by atoms with Gasteiger partial charge >= 0.3 is 10.3 Å². The molecule has 0 saturated carbocycles. The van der Waals surface area contributed by atoms with Crippen molar-refractivity contribution in [1.82, 2.24) is 24.2 Å². The van der Waals surface area contributed by atoms with Crippen LogP contribution >= 0.6 is 0 Å².